The number of halogens is 1. The molecule has 1 atom stereocenters. The summed E-state index contributed by atoms with van der Waals surface area (Å²) >= 11 is 1.20. The zero-order chi connectivity index (χ0) is 28.3. The Labute approximate surface area is 232 Å². The number of benzene rings is 2. The zero-order valence-corrected chi connectivity index (χ0v) is 24.2. The Kier molecular flexibility index (Phi) is 11.9. The molecule has 0 aliphatic heterocycles. The van der Waals surface area contributed by atoms with Gasteiger partial charge in [0, 0.05) is 30.5 Å². The molecule has 0 unspecified atom stereocenters. The minimum Gasteiger partial charge on any atom is -0.493 e. The molecular formula is C27H34FN2O7PS. The number of carbonyl (C=O) groups is 1. The highest BCUT2D eigenvalue weighted by Gasteiger charge is 2.26. The van der Waals surface area contributed by atoms with Crippen LogP contribution in [-0.2, 0) is 30.9 Å². The summed E-state index contributed by atoms with van der Waals surface area (Å²) in [5.41, 5.74) is 1.31. The molecule has 1 N–H and O–H groups in total. The summed E-state index contributed by atoms with van der Waals surface area (Å²) in [4.78, 5) is 17.5. The SMILES string of the molecule is CCOP(=O)(Cc1csc(NC(=O)c2cc(OCCc3ccccc3F)cc(O[C@@H](C)COC)c2)n1)OCC. The molecule has 1 amide bonds. The first-order valence-electron chi connectivity index (χ1n) is 12.6. The predicted molar refractivity (Wildman–Crippen MR) is 149 cm³/mol. The second-order valence-electron chi connectivity index (χ2n) is 8.47. The molecule has 3 aromatic rings. The smallest absolute Gasteiger partial charge is 0.336 e. The lowest BCUT2D eigenvalue weighted by atomic mass is 10.1. The van der Waals surface area contributed by atoms with Crippen molar-refractivity contribution in [2.24, 2.45) is 0 Å². The number of hydrogen-bond donors (Lipinski definition) is 1. The van der Waals surface area contributed by atoms with Crippen molar-refractivity contribution in [3.63, 3.8) is 0 Å². The third kappa shape index (κ3) is 9.70. The first-order valence-corrected chi connectivity index (χ1v) is 15.2. The number of methoxy groups -OCH3 is 1. The lowest BCUT2D eigenvalue weighted by Gasteiger charge is -2.16. The lowest BCUT2D eigenvalue weighted by molar-refractivity contribution is 0.0914. The molecule has 0 bridgehead atoms. The van der Waals surface area contributed by atoms with E-state index in [0.29, 0.717) is 40.9 Å². The lowest BCUT2D eigenvalue weighted by Crippen LogP contribution is -2.19. The highest BCUT2D eigenvalue weighted by atomic mass is 32.1. The fraction of sp³-hybridized carbons (Fsp3) is 0.407. The van der Waals surface area contributed by atoms with E-state index in [-0.39, 0.29) is 43.5 Å². The number of ether oxygens (including phenoxy) is 3. The fourth-order valence-corrected chi connectivity index (χ4v) is 6.09. The Hall–Kier alpha value is -2.82. The van der Waals surface area contributed by atoms with E-state index in [4.69, 9.17) is 23.3 Å². The molecule has 1 heterocycles. The number of nitrogens with one attached hydrogen (secondary N) is 1. The number of carbonyl (C=O) groups excluding carboxylic acids is 1. The van der Waals surface area contributed by atoms with Gasteiger partial charge in [0.05, 0.1) is 38.3 Å². The molecule has 0 aliphatic rings. The summed E-state index contributed by atoms with van der Waals surface area (Å²) < 4.78 is 54.4. The Balaban J connectivity index is 1.73. The van der Waals surface area contributed by atoms with Gasteiger partial charge in [-0.3, -0.25) is 14.7 Å². The van der Waals surface area contributed by atoms with Crippen LogP contribution in [0.1, 0.15) is 42.4 Å². The maximum absolute atomic E-state index is 14.0. The van der Waals surface area contributed by atoms with Gasteiger partial charge in [0.15, 0.2) is 5.13 Å². The average molecular weight is 581 g/mol. The summed E-state index contributed by atoms with van der Waals surface area (Å²) in [6.45, 7) is 6.38. The standard InChI is InChI=1S/C27H34FN2O7PS/c1-5-35-38(32,36-6-2)17-22-18-39-27(29-22)30-26(31)21-13-23(15-24(14-21)37-19(3)16-33-4)34-12-11-20-9-7-8-10-25(20)28/h7-10,13-15,18-19H,5-6,11-12,16-17H2,1-4H3,(H,29,30,31)/t19-/m0/s1. The molecule has 12 heteroatoms. The quantitative estimate of drug-likeness (QED) is 0.196. The van der Waals surface area contributed by atoms with Crippen molar-refractivity contribution in [3.8, 4) is 11.5 Å². The molecule has 39 heavy (non-hydrogen) atoms. The topological polar surface area (TPSA) is 105 Å². The minimum atomic E-state index is -3.32. The highest BCUT2D eigenvalue weighted by molar-refractivity contribution is 7.53. The van der Waals surface area contributed by atoms with Gasteiger partial charge in [-0.25, -0.2) is 9.37 Å². The summed E-state index contributed by atoms with van der Waals surface area (Å²) in [6, 6.07) is 11.4. The van der Waals surface area contributed by atoms with Crippen LogP contribution in [0.2, 0.25) is 0 Å². The van der Waals surface area contributed by atoms with Gasteiger partial charge >= 0.3 is 7.60 Å². The van der Waals surface area contributed by atoms with Crippen LogP contribution in [0.15, 0.2) is 47.8 Å². The second kappa shape index (κ2) is 15.1. The largest absolute Gasteiger partial charge is 0.493 e. The van der Waals surface area contributed by atoms with E-state index in [2.05, 4.69) is 10.3 Å². The van der Waals surface area contributed by atoms with Gasteiger partial charge in [0.2, 0.25) is 0 Å². The van der Waals surface area contributed by atoms with Gasteiger partial charge in [-0.05, 0) is 44.5 Å². The van der Waals surface area contributed by atoms with Crippen molar-refractivity contribution in [2.45, 2.75) is 39.5 Å². The second-order valence-corrected chi connectivity index (χ2v) is 11.4. The van der Waals surface area contributed by atoms with E-state index >= 15 is 0 Å². The molecule has 2 aromatic carbocycles. The number of nitrogens with zero attached hydrogens (tertiary/aromatic N) is 1. The van der Waals surface area contributed by atoms with Crippen LogP contribution in [0.4, 0.5) is 9.52 Å². The van der Waals surface area contributed by atoms with Gasteiger partial charge in [0.25, 0.3) is 5.91 Å². The first-order chi connectivity index (χ1) is 18.7. The Bertz CT molecular complexity index is 1260. The number of aromatic nitrogens is 1. The van der Waals surface area contributed by atoms with Crippen LogP contribution in [-0.4, -0.2) is 50.5 Å². The molecule has 0 spiro atoms. The Morgan fingerprint density at radius 2 is 1.85 bits per heavy atom. The molecule has 9 nitrogen and oxygen atoms in total. The van der Waals surface area contributed by atoms with Gasteiger partial charge in [0.1, 0.15) is 23.4 Å². The Morgan fingerprint density at radius 1 is 1.13 bits per heavy atom. The van der Waals surface area contributed by atoms with E-state index in [1.54, 1.807) is 62.7 Å². The van der Waals surface area contributed by atoms with Gasteiger partial charge in [-0.15, -0.1) is 11.3 Å². The zero-order valence-electron chi connectivity index (χ0n) is 22.5. The molecule has 0 saturated carbocycles. The maximum Gasteiger partial charge on any atom is 0.336 e. The van der Waals surface area contributed by atoms with Gasteiger partial charge in [-0.1, -0.05) is 18.2 Å². The monoisotopic (exact) mass is 580 g/mol. The van der Waals surface area contributed by atoms with E-state index in [9.17, 15) is 13.8 Å². The van der Waals surface area contributed by atoms with Crippen molar-refractivity contribution in [3.05, 3.63) is 70.5 Å². The first kappa shape index (κ1) is 30.7. The molecule has 3 rings (SSSR count). The van der Waals surface area contributed by atoms with Crippen LogP contribution >= 0.6 is 18.9 Å². The molecule has 0 fully saturated rings. The van der Waals surface area contributed by atoms with E-state index < -0.39 is 13.5 Å². The number of thiazole rings is 1. The molecule has 212 valence electrons. The average Bonchev–Trinajstić information content (AvgIpc) is 3.31. The minimum absolute atomic E-state index is 0.00175. The maximum atomic E-state index is 14.0. The van der Waals surface area contributed by atoms with E-state index in [1.165, 1.54) is 17.4 Å². The van der Waals surface area contributed by atoms with Crippen LogP contribution in [0, 0.1) is 5.82 Å². The van der Waals surface area contributed by atoms with Crippen molar-refractivity contribution in [1.29, 1.82) is 0 Å². The van der Waals surface area contributed by atoms with Crippen molar-refractivity contribution >= 4 is 30.0 Å². The summed E-state index contributed by atoms with van der Waals surface area (Å²) in [7, 11) is -1.75. The number of amides is 1. The molecular weight excluding hydrogens is 546 g/mol. The van der Waals surface area contributed by atoms with Crippen molar-refractivity contribution in [2.75, 3.05) is 38.9 Å². The summed E-state index contributed by atoms with van der Waals surface area (Å²) in [6.07, 6.45) is 0.0866. The number of hydrogen-bond acceptors (Lipinski definition) is 9. The van der Waals surface area contributed by atoms with Crippen LogP contribution in [0.3, 0.4) is 0 Å². The summed E-state index contributed by atoms with van der Waals surface area (Å²) in [5, 5.41) is 4.79. The van der Waals surface area contributed by atoms with Crippen LogP contribution in [0.5, 0.6) is 11.5 Å². The molecule has 0 saturated heterocycles. The third-order valence-electron chi connectivity index (χ3n) is 5.26. The van der Waals surface area contributed by atoms with Crippen molar-refractivity contribution < 1.29 is 37.0 Å². The van der Waals surface area contributed by atoms with Crippen molar-refractivity contribution in [1.82, 2.24) is 4.98 Å². The number of rotatable bonds is 16. The Morgan fingerprint density at radius 3 is 2.54 bits per heavy atom. The fourth-order valence-electron chi connectivity index (χ4n) is 3.66. The molecule has 0 radical (unpaired) electrons. The third-order valence-corrected chi connectivity index (χ3v) is 8.08. The molecule has 0 aliphatic carbocycles. The van der Waals surface area contributed by atoms with Gasteiger partial charge in [-0.2, -0.15) is 0 Å². The number of anilines is 1. The van der Waals surface area contributed by atoms with Crippen LogP contribution < -0.4 is 14.8 Å². The molecule has 1 aromatic heterocycles. The predicted octanol–water partition coefficient (Wildman–Crippen LogP) is 6.34. The highest BCUT2D eigenvalue weighted by Crippen LogP contribution is 2.51. The summed E-state index contributed by atoms with van der Waals surface area (Å²) in [5.74, 6) is 0.0842. The normalized spacial score (nSPS) is 12.2. The van der Waals surface area contributed by atoms with Crippen LogP contribution in [0.25, 0.3) is 0 Å². The van der Waals surface area contributed by atoms with Gasteiger partial charge < -0.3 is 23.3 Å². The van der Waals surface area contributed by atoms with E-state index in [0.717, 1.165) is 0 Å². The van der Waals surface area contributed by atoms with E-state index in [1.807, 2.05) is 6.92 Å².